The Kier molecular flexibility index (Phi) is 3.85. The highest BCUT2D eigenvalue weighted by molar-refractivity contribution is 5.57. The van der Waals surface area contributed by atoms with Crippen LogP contribution in [0, 0.1) is 5.92 Å². The maximum absolute atomic E-state index is 14.2. The molecule has 0 aliphatic carbocycles. The van der Waals surface area contributed by atoms with E-state index < -0.39 is 30.0 Å². The molecule has 0 bridgehead atoms. The van der Waals surface area contributed by atoms with Crippen LogP contribution in [0.1, 0.15) is 25.6 Å². The Labute approximate surface area is 119 Å². The van der Waals surface area contributed by atoms with Gasteiger partial charge in [-0.05, 0) is 5.92 Å². The monoisotopic (exact) mass is 301 g/mol. The summed E-state index contributed by atoms with van der Waals surface area (Å²) >= 11 is 0. The molecular weight excluding hydrogens is 284 g/mol. The number of halogens is 2. The van der Waals surface area contributed by atoms with E-state index in [1.54, 1.807) is 13.8 Å². The molecule has 1 aliphatic rings. The first-order valence-electron chi connectivity index (χ1n) is 6.42. The molecule has 1 aliphatic heterocycles. The summed E-state index contributed by atoms with van der Waals surface area (Å²) in [6.07, 6.45) is -2.62. The number of alkyl halides is 2. The molecule has 8 heteroatoms. The van der Waals surface area contributed by atoms with E-state index in [-0.39, 0.29) is 17.3 Å². The normalized spacial score (nSPS) is 28.0. The highest BCUT2D eigenvalue weighted by Crippen LogP contribution is 2.44. The summed E-state index contributed by atoms with van der Waals surface area (Å²) in [6.45, 7) is 6.76. The van der Waals surface area contributed by atoms with Crippen LogP contribution in [-0.4, -0.2) is 32.8 Å². The van der Waals surface area contributed by atoms with Crippen LogP contribution in [0.3, 0.4) is 0 Å². The summed E-state index contributed by atoms with van der Waals surface area (Å²) in [5, 5.41) is 9.74. The Morgan fingerprint density at radius 1 is 1.62 bits per heavy atom. The van der Waals surface area contributed by atoms with E-state index in [0.29, 0.717) is 4.57 Å². The second-order valence-electron chi connectivity index (χ2n) is 5.29. The summed E-state index contributed by atoms with van der Waals surface area (Å²) in [6, 6.07) is 0. The number of nitrogen functional groups attached to an aromatic ring is 1. The van der Waals surface area contributed by atoms with E-state index in [4.69, 9.17) is 10.5 Å². The van der Waals surface area contributed by atoms with Crippen molar-refractivity contribution in [3.63, 3.8) is 0 Å². The Morgan fingerprint density at radius 3 is 2.71 bits per heavy atom. The molecule has 0 saturated carbocycles. The van der Waals surface area contributed by atoms with Gasteiger partial charge in [0.25, 0.3) is 0 Å². The van der Waals surface area contributed by atoms with Crippen LogP contribution in [0.5, 0.6) is 0 Å². The number of aliphatic hydroxyl groups excluding tert-OH is 1. The molecule has 1 saturated heterocycles. The Bertz CT molecular complexity index is 615. The van der Waals surface area contributed by atoms with E-state index in [9.17, 15) is 18.7 Å². The molecule has 116 valence electrons. The molecule has 1 aromatic rings. The van der Waals surface area contributed by atoms with Crippen molar-refractivity contribution in [3.8, 4) is 0 Å². The average Bonchev–Trinajstić information content (AvgIpc) is 2.62. The fraction of sp³-hybridized carbons (Fsp3) is 0.538. The third-order valence-corrected chi connectivity index (χ3v) is 3.46. The minimum atomic E-state index is -3.62. The summed E-state index contributed by atoms with van der Waals surface area (Å²) in [5.41, 5.74) is 4.76. The summed E-state index contributed by atoms with van der Waals surface area (Å²) in [7, 11) is 0. The van der Waals surface area contributed by atoms with Crippen molar-refractivity contribution in [2.75, 3.05) is 5.73 Å². The zero-order valence-corrected chi connectivity index (χ0v) is 11.7. The van der Waals surface area contributed by atoms with Crippen molar-refractivity contribution in [2.45, 2.75) is 38.2 Å². The van der Waals surface area contributed by atoms with Gasteiger partial charge in [-0.15, -0.1) is 0 Å². The van der Waals surface area contributed by atoms with Crippen LogP contribution in [0.2, 0.25) is 0 Å². The van der Waals surface area contributed by atoms with Crippen molar-refractivity contribution in [3.05, 3.63) is 28.8 Å². The van der Waals surface area contributed by atoms with Crippen molar-refractivity contribution >= 4 is 11.9 Å². The lowest BCUT2D eigenvalue weighted by molar-refractivity contribution is -0.141. The third-order valence-electron chi connectivity index (χ3n) is 3.46. The van der Waals surface area contributed by atoms with Crippen LogP contribution in [0.25, 0.3) is 6.08 Å². The number of hydrogen-bond acceptors (Lipinski definition) is 5. The van der Waals surface area contributed by atoms with Gasteiger partial charge < -0.3 is 15.6 Å². The number of anilines is 1. The second kappa shape index (κ2) is 5.19. The van der Waals surface area contributed by atoms with Crippen molar-refractivity contribution in [1.29, 1.82) is 0 Å². The van der Waals surface area contributed by atoms with Gasteiger partial charge in [-0.1, -0.05) is 26.5 Å². The fourth-order valence-corrected chi connectivity index (χ4v) is 2.27. The van der Waals surface area contributed by atoms with Gasteiger partial charge in [0, 0.05) is 11.8 Å². The van der Waals surface area contributed by atoms with Gasteiger partial charge in [0.05, 0.1) is 6.10 Å². The van der Waals surface area contributed by atoms with Crippen molar-refractivity contribution in [2.24, 2.45) is 5.92 Å². The predicted molar refractivity (Wildman–Crippen MR) is 72.7 cm³/mol. The molecule has 21 heavy (non-hydrogen) atoms. The van der Waals surface area contributed by atoms with E-state index in [2.05, 4.69) is 11.6 Å². The SMILES string of the molecule is C=Cc1cn(C2OC(C(C)C)C(O)C2(F)F)c(=O)nc1N. The first-order valence-corrected chi connectivity index (χ1v) is 6.42. The lowest BCUT2D eigenvalue weighted by atomic mass is 10.00. The zero-order valence-electron chi connectivity index (χ0n) is 11.7. The Hall–Kier alpha value is -1.80. The number of aromatic nitrogens is 2. The molecule has 1 fully saturated rings. The van der Waals surface area contributed by atoms with Crippen LogP contribution < -0.4 is 11.4 Å². The maximum Gasteiger partial charge on any atom is 0.351 e. The first-order chi connectivity index (χ1) is 9.70. The molecule has 0 amide bonds. The molecule has 2 heterocycles. The number of hydrogen-bond donors (Lipinski definition) is 2. The topological polar surface area (TPSA) is 90.4 Å². The molecule has 2 rings (SSSR count). The van der Waals surface area contributed by atoms with Gasteiger partial charge in [0.2, 0.25) is 6.23 Å². The highest BCUT2D eigenvalue weighted by atomic mass is 19.3. The van der Waals surface area contributed by atoms with E-state index >= 15 is 0 Å². The van der Waals surface area contributed by atoms with Crippen molar-refractivity contribution in [1.82, 2.24) is 9.55 Å². The minimum Gasteiger partial charge on any atom is -0.384 e. The Morgan fingerprint density at radius 2 is 2.24 bits per heavy atom. The summed E-state index contributed by atoms with van der Waals surface area (Å²) in [4.78, 5) is 15.3. The maximum atomic E-state index is 14.2. The van der Waals surface area contributed by atoms with Crippen LogP contribution >= 0.6 is 0 Å². The average molecular weight is 301 g/mol. The highest BCUT2D eigenvalue weighted by Gasteiger charge is 2.60. The smallest absolute Gasteiger partial charge is 0.351 e. The molecule has 0 radical (unpaired) electrons. The zero-order chi connectivity index (χ0) is 15.9. The summed E-state index contributed by atoms with van der Waals surface area (Å²) in [5.74, 6) is -4.06. The number of nitrogens with two attached hydrogens (primary N) is 1. The lowest BCUT2D eigenvalue weighted by Gasteiger charge is -2.21. The van der Waals surface area contributed by atoms with Gasteiger partial charge in [0.1, 0.15) is 11.9 Å². The van der Waals surface area contributed by atoms with Gasteiger partial charge in [0.15, 0.2) is 0 Å². The van der Waals surface area contributed by atoms with Crippen LogP contribution in [-0.2, 0) is 4.74 Å². The van der Waals surface area contributed by atoms with Gasteiger partial charge >= 0.3 is 11.6 Å². The molecule has 1 aromatic heterocycles. The summed E-state index contributed by atoms with van der Waals surface area (Å²) < 4.78 is 34.2. The van der Waals surface area contributed by atoms with Crippen molar-refractivity contribution < 1.29 is 18.6 Å². The first kappa shape index (κ1) is 15.6. The largest absolute Gasteiger partial charge is 0.384 e. The number of rotatable bonds is 3. The second-order valence-corrected chi connectivity index (χ2v) is 5.29. The third kappa shape index (κ3) is 2.44. The lowest BCUT2D eigenvalue weighted by Crippen LogP contribution is -2.42. The molecule has 6 nitrogen and oxygen atoms in total. The molecule has 3 N–H and O–H groups in total. The number of nitrogens with zero attached hydrogens (tertiary/aromatic N) is 2. The van der Waals surface area contributed by atoms with Gasteiger partial charge in [-0.2, -0.15) is 13.8 Å². The number of ether oxygens (including phenoxy) is 1. The molecule has 0 spiro atoms. The quantitative estimate of drug-likeness (QED) is 0.870. The van der Waals surface area contributed by atoms with E-state index in [0.717, 1.165) is 6.20 Å². The fourth-order valence-electron chi connectivity index (χ4n) is 2.27. The van der Waals surface area contributed by atoms with Crippen LogP contribution in [0.4, 0.5) is 14.6 Å². The number of aliphatic hydroxyl groups is 1. The van der Waals surface area contributed by atoms with E-state index in [1.165, 1.54) is 6.08 Å². The molecule has 0 aromatic carbocycles. The standard InChI is InChI=1S/C13H17F2N3O3/c1-4-7-5-18(12(20)17-10(7)16)11-13(14,15)9(19)8(21-11)6(2)3/h4-6,8-9,11,19H,1H2,2-3H3,(H2,16,17,20). The molecular formula is C13H17F2N3O3. The van der Waals surface area contributed by atoms with Crippen LogP contribution in [0.15, 0.2) is 17.6 Å². The van der Waals surface area contributed by atoms with Gasteiger partial charge in [-0.25, -0.2) is 4.79 Å². The minimum absolute atomic E-state index is 0.103. The molecule has 3 unspecified atom stereocenters. The van der Waals surface area contributed by atoms with Gasteiger partial charge in [-0.3, -0.25) is 4.57 Å². The Balaban J connectivity index is 2.52. The van der Waals surface area contributed by atoms with E-state index in [1.807, 2.05) is 0 Å². The molecule has 3 atom stereocenters. The predicted octanol–water partition coefficient (Wildman–Crippen LogP) is 1.02.